The van der Waals surface area contributed by atoms with Crippen molar-refractivity contribution < 1.29 is 9.90 Å². The second kappa shape index (κ2) is 5.65. The van der Waals surface area contributed by atoms with Crippen LogP contribution < -0.4 is 5.32 Å². The van der Waals surface area contributed by atoms with Gasteiger partial charge in [0, 0.05) is 18.3 Å². The molecule has 0 heterocycles. The van der Waals surface area contributed by atoms with Crippen LogP contribution >= 0.6 is 0 Å². The highest BCUT2D eigenvalue weighted by Gasteiger charge is 1.91. The molecule has 15 heavy (non-hydrogen) atoms. The molecule has 0 aliphatic rings. The number of anilines is 1. The Morgan fingerprint density at radius 3 is 2.60 bits per heavy atom. The molecular formula is C12H13NO2. The number of rotatable bonds is 5. The zero-order valence-electron chi connectivity index (χ0n) is 8.31. The van der Waals surface area contributed by atoms with E-state index in [-0.39, 0.29) is 0 Å². The van der Waals surface area contributed by atoms with E-state index in [2.05, 4.69) is 11.9 Å². The predicted octanol–water partition coefficient (Wildman–Crippen LogP) is 2.38. The fraction of sp³-hybridized carbons (Fsp3) is 0.0833. The van der Waals surface area contributed by atoms with Crippen molar-refractivity contribution in [3.8, 4) is 0 Å². The molecule has 1 rings (SSSR count). The molecule has 3 heteroatoms. The van der Waals surface area contributed by atoms with Crippen molar-refractivity contribution in [3.05, 3.63) is 48.6 Å². The van der Waals surface area contributed by atoms with E-state index < -0.39 is 5.97 Å². The van der Waals surface area contributed by atoms with Gasteiger partial charge in [-0.15, -0.1) is 6.58 Å². The molecule has 0 bridgehead atoms. The first-order valence-corrected chi connectivity index (χ1v) is 4.58. The largest absolute Gasteiger partial charge is 0.478 e. The first-order valence-electron chi connectivity index (χ1n) is 4.58. The van der Waals surface area contributed by atoms with Crippen LogP contribution in [0, 0.1) is 0 Å². The average Bonchev–Trinajstić information content (AvgIpc) is 2.25. The Bertz CT molecular complexity index is 366. The van der Waals surface area contributed by atoms with E-state index in [1.165, 1.54) is 0 Å². The maximum absolute atomic E-state index is 10.3. The van der Waals surface area contributed by atoms with Crippen molar-refractivity contribution in [1.82, 2.24) is 0 Å². The number of hydrogen-bond acceptors (Lipinski definition) is 2. The third kappa shape index (κ3) is 4.13. The number of carboxylic acids is 1. The van der Waals surface area contributed by atoms with Gasteiger partial charge in [-0.25, -0.2) is 4.79 Å². The lowest BCUT2D eigenvalue weighted by molar-refractivity contribution is -0.131. The number of carboxylic acid groups (broad SMARTS) is 1. The van der Waals surface area contributed by atoms with Crippen LogP contribution in [0.2, 0.25) is 0 Å². The van der Waals surface area contributed by atoms with Crippen LogP contribution in [-0.2, 0) is 4.79 Å². The number of hydrogen-bond donors (Lipinski definition) is 2. The van der Waals surface area contributed by atoms with Crippen LogP contribution in [0.1, 0.15) is 5.56 Å². The minimum Gasteiger partial charge on any atom is -0.478 e. The standard InChI is InChI=1S/C12H13NO2/c1-2-9-13-11-6-3-10(4-7-11)5-8-12(14)15/h2-8,13H,1,9H2,(H,14,15)/b8-5+. The highest BCUT2D eigenvalue weighted by molar-refractivity contribution is 5.85. The molecule has 2 N–H and O–H groups in total. The lowest BCUT2D eigenvalue weighted by Crippen LogP contribution is -1.96. The predicted molar refractivity (Wildman–Crippen MR) is 61.8 cm³/mol. The molecule has 0 aliphatic carbocycles. The number of nitrogens with one attached hydrogen (secondary N) is 1. The van der Waals surface area contributed by atoms with Gasteiger partial charge in [-0.2, -0.15) is 0 Å². The van der Waals surface area contributed by atoms with Crippen LogP contribution in [0.15, 0.2) is 43.0 Å². The average molecular weight is 203 g/mol. The maximum atomic E-state index is 10.3. The van der Waals surface area contributed by atoms with E-state index in [4.69, 9.17) is 5.11 Å². The van der Waals surface area contributed by atoms with E-state index in [1.807, 2.05) is 24.3 Å². The fourth-order valence-electron chi connectivity index (χ4n) is 1.07. The molecule has 1 aromatic rings. The molecule has 0 spiro atoms. The van der Waals surface area contributed by atoms with Gasteiger partial charge in [0.1, 0.15) is 0 Å². The summed E-state index contributed by atoms with van der Waals surface area (Å²) in [5, 5.41) is 11.6. The van der Waals surface area contributed by atoms with E-state index in [1.54, 1.807) is 12.2 Å². The summed E-state index contributed by atoms with van der Waals surface area (Å²) in [4.78, 5) is 10.3. The Morgan fingerprint density at radius 1 is 1.40 bits per heavy atom. The second-order valence-electron chi connectivity index (χ2n) is 2.96. The van der Waals surface area contributed by atoms with Gasteiger partial charge in [-0.05, 0) is 23.8 Å². The topological polar surface area (TPSA) is 49.3 Å². The van der Waals surface area contributed by atoms with Crippen LogP contribution in [-0.4, -0.2) is 17.6 Å². The third-order valence-corrected chi connectivity index (χ3v) is 1.78. The van der Waals surface area contributed by atoms with Gasteiger partial charge in [-0.3, -0.25) is 0 Å². The van der Waals surface area contributed by atoms with Crippen LogP contribution in [0.3, 0.4) is 0 Å². The molecule has 0 fully saturated rings. The van der Waals surface area contributed by atoms with Gasteiger partial charge in [0.25, 0.3) is 0 Å². The molecule has 3 nitrogen and oxygen atoms in total. The van der Waals surface area contributed by atoms with Gasteiger partial charge < -0.3 is 10.4 Å². The monoisotopic (exact) mass is 203 g/mol. The van der Waals surface area contributed by atoms with E-state index >= 15 is 0 Å². The van der Waals surface area contributed by atoms with Crippen molar-refractivity contribution in [1.29, 1.82) is 0 Å². The maximum Gasteiger partial charge on any atom is 0.328 e. The molecule has 1 aromatic carbocycles. The quantitative estimate of drug-likeness (QED) is 0.570. The summed E-state index contributed by atoms with van der Waals surface area (Å²) in [5.41, 5.74) is 1.85. The first kappa shape index (κ1) is 11.0. The lowest BCUT2D eigenvalue weighted by atomic mass is 10.2. The minimum absolute atomic E-state index is 0.713. The zero-order valence-corrected chi connectivity index (χ0v) is 8.31. The van der Waals surface area contributed by atoms with Crippen LogP contribution in [0.25, 0.3) is 6.08 Å². The van der Waals surface area contributed by atoms with Gasteiger partial charge in [0.2, 0.25) is 0 Å². The number of carbonyl (C=O) groups is 1. The molecule has 0 atom stereocenters. The zero-order chi connectivity index (χ0) is 11.1. The molecular weight excluding hydrogens is 190 g/mol. The van der Waals surface area contributed by atoms with Crippen molar-refractivity contribution in [2.24, 2.45) is 0 Å². The summed E-state index contributed by atoms with van der Waals surface area (Å²) in [6.07, 6.45) is 4.45. The summed E-state index contributed by atoms with van der Waals surface area (Å²) in [6.45, 7) is 4.32. The summed E-state index contributed by atoms with van der Waals surface area (Å²) in [6, 6.07) is 7.49. The number of benzene rings is 1. The smallest absolute Gasteiger partial charge is 0.328 e. The fourth-order valence-corrected chi connectivity index (χ4v) is 1.07. The van der Waals surface area contributed by atoms with E-state index in [0.29, 0.717) is 6.54 Å². The van der Waals surface area contributed by atoms with Crippen molar-refractivity contribution in [2.75, 3.05) is 11.9 Å². The highest BCUT2D eigenvalue weighted by Crippen LogP contribution is 2.10. The molecule has 0 aromatic heterocycles. The van der Waals surface area contributed by atoms with Crippen LogP contribution in [0.4, 0.5) is 5.69 Å². The summed E-state index contributed by atoms with van der Waals surface area (Å²) in [7, 11) is 0. The summed E-state index contributed by atoms with van der Waals surface area (Å²) >= 11 is 0. The molecule has 0 radical (unpaired) electrons. The van der Waals surface area contributed by atoms with Gasteiger partial charge in [-0.1, -0.05) is 18.2 Å². The first-order chi connectivity index (χ1) is 7.22. The van der Waals surface area contributed by atoms with Gasteiger partial charge in [0.15, 0.2) is 0 Å². The Kier molecular flexibility index (Phi) is 4.16. The van der Waals surface area contributed by atoms with Gasteiger partial charge in [0.05, 0.1) is 0 Å². The second-order valence-corrected chi connectivity index (χ2v) is 2.96. The molecule has 0 aliphatic heterocycles. The van der Waals surface area contributed by atoms with Crippen molar-refractivity contribution in [3.63, 3.8) is 0 Å². The highest BCUT2D eigenvalue weighted by atomic mass is 16.4. The van der Waals surface area contributed by atoms with Crippen LogP contribution in [0.5, 0.6) is 0 Å². The van der Waals surface area contributed by atoms with Crippen molar-refractivity contribution >= 4 is 17.7 Å². The molecule has 0 unspecified atom stereocenters. The van der Waals surface area contributed by atoms with Gasteiger partial charge >= 0.3 is 5.97 Å². The Balaban J connectivity index is 2.63. The summed E-state index contributed by atoms with van der Waals surface area (Å²) in [5.74, 6) is -0.941. The van der Waals surface area contributed by atoms with E-state index in [0.717, 1.165) is 17.3 Å². The Hall–Kier alpha value is -2.03. The SMILES string of the molecule is C=CCNc1ccc(/C=C/C(=O)O)cc1. The Morgan fingerprint density at radius 2 is 2.07 bits per heavy atom. The molecule has 0 amide bonds. The van der Waals surface area contributed by atoms with E-state index in [9.17, 15) is 4.79 Å². The summed E-state index contributed by atoms with van der Waals surface area (Å²) < 4.78 is 0. The number of aliphatic carboxylic acids is 1. The molecule has 78 valence electrons. The lowest BCUT2D eigenvalue weighted by Gasteiger charge is -2.02. The minimum atomic E-state index is -0.941. The molecule has 0 saturated heterocycles. The molecule has 0 saturated carbocycles. The third-order valence-electron chi connectivity index (χ3n) is 1.78. The Labute approximate surface area is 88.7 Å². The normalized spacial score (nSPS) is 10.1. The van der Waals surface area contributed by atoms with Crippen molar-refractivity contribution in [2.45, 2.75) is 0 Å².